The molecule has 1 saturated heterocycles. The Morgan fingerprint density at radius 3 is 2.83 bits per heavy atom. The van der Waals surface area contributed by atoms with E-state index < -0.39 is 21.5 Å². The molecule has 0 radical (unpaired) electrons. The molecule has 1 fully saturated rings. The summed E-state index contributed by atoms with van der Waals surface area (Å²) in [4.78, 5) is 14.7. The normalized spacial score (nSPS) is 22.3. The molecule has 0 spiro atoms. The molecule has 7 nitrogen and oxygen atoms in total. The van der Waals surface area contributed by atoms with E-state index in [1.165, 1.54) is 10.5 Å². The van der Waals surface area contributed by atoms with Crippen molar-refractivity contribution in [3.8, 4) is 0 Å². The van der Waals surface area contributed by atoms with Gasteiger partial charge in [0.25, 0.3) is 0 Å². The molecule has 1 N–H and O–H groups in total. The highest BCUT2D eigenvalue weighted by Crippen LogP contribution is 2.38. The minimum Gasteiger partial charge on any atom is -0.478 e. The third-order valence-corrected chi connectivity index (χ3v) is 6.18. The minimum atomic E-state index is -3.82. The van der Waals surface area contributed by atoms with Crippen molar-refractivity contribution in [2.24, 2.45) is 0 Å². The first kappa shape index (κ1) is 17.8. The third kappa shape index (κ3) is 3.39. The van der Waals surface area contributed by atoms with Crippen LogP contribution >= 0.6 is 0 Å². The molecule has 1 aliphatic heterocycles. The highest BCUT2D eigenvalue weighted by Gasteiger charge is 2.47. The number of hydrogen-bond donors (Lipinski definition) is 1. The number of methoxy groups -OCH3 is 1. The van der Waals surface area contributed by atoms with Gasteiger partial charge in [-0.25, -0.2) is 13.2 Å². The molecule has 1 aromatic heterocycles. The summed E-state index contributed by atoms with van der Waals surface area (Å²) in [6.07, 6.45) is 5.37. The molecule has 8 heteroatoms. The Hall–Kier alpha value is -1.51. The number of carbonyl (C=O) groups is 1. The van der Waals surface area contributed by atoms with E-state index >= 15 is 0 Å². The third-order valence-electron chi connectivity index (χ3n) is 4.21. The van der Waals surface area contributed by atoms with Crippen LogP contribution in [0, 0.1) is 0 Å². The lowest BCUT2D eigenvalue weighted by atomic mass is 9.93. The monoisotopic (exact) mass is 342 g/mol. The van der Waals surface area contributed by atoms with Crippen LogP contribution in [-0.4, -0.2) is 54.6 Å². The summed E-state index contributed by atoms with van der Waals surface area (Å²) in [5.41, 5.74) is -0.709. The van der Waals surface area contributed by atoms with Gasteiger partial charge in [0.1, 0.15) is 4.90 Å². The maximum absolute atomic E-state index is 13.0. The second-order valence-electron chi connectivity index (χ2n) is 5.80. The molecule has 1 aromatic rings. The van der Waals surface area contributed by atoms with E-state index in [0.29, 0.717) is 19.6 Å². The molecule has 1 unspecified atom stereocenters. The van der Waals surface area contributed by atoms with Gasteiger partial charge in [-0.1, -0.05) is 13.3 Å². The number of aromatic nitrogens is 1. The summed E-state index contributed by atoms with van der Waals surface area (Å²) in [6, 6.07) is 1.16. The van der Waals surface area contributed by atoms with Crippen molar-refractivity contribution >= 4 is 16.0 Å². The van der Waals surface area contributed by atoms with Crippen LogP contribution in [0.2, 0.25) is 0 Å². The van der Waals surface area contributed by atoms with E-state index in [4.69, 9.17) is 9.84 Å². The minimum absolute atomic E-state index is 0.0871. The largest absolute Gasteiger partial charge is 0.478 e. The lowest BCUT2D eigenvalue weighted by molar-refractivity contribution is 0.0696. The first-order chi connectivity index (χ1) is 10.9. The lowest BCUT2D eigenvalue weighted by Crippen LogP contribution is -2.50. The molecule has 2 heterocycles. The summed E-state index contributed by atoms with van der Waals surface area (Å²) in [7, 11) is -2.26. The van der Waals surface area contributed by atoms with Gasteiger partial charge < -0.3 is 9.84 Å². The van der Waals surface area contributed by atoms with Gasteiger partial charge in [-0.05, 0) is 25.3 Å². The first-order valence-electron chi connectivity index (χ1n) is 7.57. The molecule has 128 valence electrons. The van der Waals surface area contributed by atoms with E-state index in [-0.39, 0.29) is 10.5 Å². The predicted octanol–water partition coefficient (Wildman–Crippen LogP) is 1.75. The molecular weight excluding hydrogens is 320 g/mol. The molecule has 1 aliphatic rings. The molecule has 0 aromatic carbocycles. The fraction of sp³-hybridized carbons (Fsp3) is 0.600. The Kier molecular flexibility index (Phi) is 5.38. The molecule has 0 saturated carbocycles. The summed E-state index contributed by atoms with van der Waals surface area (Å²) >= 11 is 0. The van der Waals surface area contributed by atoms with Gasteiger partial charge in [-0.2, -0.15) is 4.31 Å². The number of rotatable bonds is 7. The van der Waals surface area contributed by atoms with E-state index in [1.807, 2.05) is 6.92 Å². The Balaban J connectivity index is 2.45. The number of carboxylic acids is 1. The van der Waals surface area contributed by atoms with Crippen molar-refractivity contribution in [3.05, 3.63) is 24.0 Å². The standard InChI is InChI=1S/C15H22N2O5S/c1-3-5-15(11-22-2)6-4-7-17(15)23(20,21)13-8-12(14(18)19)9-16-10-13/h8-10H,3-7,11H2,1-2H3,(H,18,19). The molecule has 2 rings (SSSR count). The number of ether oxygens (including phenoxy) is 1. The van der Waals surface area contributed by atoms with Crippen molar-refractivity contribution in [1.82, 2.24) is 9.29 Å². The van der Waals surface area contributed by atoms with Gasteiger partial charge in [0.05, 0.1) is 17.7 Å². The van der Waals surface area contributed by atoms with Crippen LogP contribution in [0.3, 0.4) is 0 Å². The molecule has 0 bridgehead atoms. The van der Waals surface area contributed by atoms with Crippen molar-refractivity contribution < 1.29 is 23.1 Å². The van der Waals surface area contributed by atoms with Gasteiger partial charge in [-0.15, -0.1) is 0 Å². The van der Waals surface area contributed by atoms with Crippen LogP contribution in [0.4, 0.5) is 0 Å². The number of hydrogen-bond acceptors (Lipinski definition) is 5. The second-order valence-corrected chi connectivity index (χ2v) is 7.66. The summed E-state index contributed by atoms with van der Waals surface area (Å²) in [6.45, 7) is 2.74. The highest BCUT2D eigenvalue weighted by atomic mass is 32.2. The molecular formula is C15H22N2O5S. The molecule has 0 amide bonds. The average Bonchev–Trinajstić information content (AvgIpc) is 2.92. The molecule has 23 heavy (non-hydrogen) atoms. The lowest BCUT2D eigenvalue weighted by Gasteiger charge is -2.37. The fourth-order valence-electron chi connectivity index (χ4n) is 3.29. The van der Waals surface area contributed by atoms with Gasteiger partial charge >= 0.3 is 5.97 Å². The zero-order chi connectivity index (χ0) is 17.1. The average molecular weight is 342 g/mol. The zero-order valence-corrected chi connectivity index (χ0v) is 14.2. The highest BCUT2D eigenvalue weighted by molar-refractivity contribution is 7.89. The van der Waals surface area contributed by atoms with Gasteiger partial charge in [0, 0.05) is 26.0 Å². The van der Waals surface area contributed by atoms with Gasteiger partial charge in [0.15, 0.2) is 0 Å². The topological polar surface area (TPSA) is 96.8 Å². The van der Waals surface area contributed by atoms with Crippen LogP contribution in [0.25, 0.3) is 0 Å². The maximum atomic E-state index is 13.0. The smallest absolute Gasteiger partial charge is 0.337 e. The van der Waals surface area contributed by atoms with Gasteiger partial charge in [-0.3, -0.25) is 4.98 Å². The SMILES string of the molecule is CCCC1(COC)CCCN1S(=O)(=O)c1cncc(C(=O)O)c1. The number of aromatic carboxylic acids is 1. The fourth-order valence-corrected chi connectivity index (χ4v) is 5.13. The molecule has 0 aliphatic carbocycles. The number of carboxylic acid groups (broad SMARTS) is 1. The van der Waals surface area contributed by atoms with E-state index in [2.05, 4.69) is 4.98 Å². The Labute approximate surface area is 136 Å². The van der Waals surface area contributed by atoms with Crippen molar-refractivity contribution in [3.63, 3.8) is 0 Å². The Bertz CT molecular complexity index is 668. The van der Waals surface area contributed by atoms with Crippen LogP contribution in [0.1, 0.15) is 43.0 Å². The Morgan fingerprint density at radius 2 is 2.22 bits per heavy atom. The summed E-state index contributed by atoms with van der Waals surface area (Å²) in [5, 5.41) is 9.04. The van der Waals surface area contributed by atoms with Gasteiger partial charge in [0.2, 0.25) is 10.0 Å². The predicted molar refractivity (Wildman–Crippen MR) is 83.8 cm³/mol. The van der Waals surface area contributed by atoms with Crippen LogP contribution in [0.15, 0.2) is 23.4 Å². The van der Waals surface area contributed by atoms with Crippen molar-refractivity contribution in [2.45, 2.75) is 43.0 Å². The van der Waals surface area contributed by atoms with Crippen LogP contribution in [0.5, 0.6) is 0 Å². The molecule has 1 atom stereocenters. The maximum Gasteiger partial charge on any atom is 0.337 e. The van der Waals surface area contributed by atoms with E-state index in [9.17, 15) is 13.2 Å². The van der Waals surface area contributed by atoms with Crippen molar-refractivity contribution in [1.29, 1.82) is 0 Å². The van der Waals surface area contributed by atoms with E-state index in [1.54, 1.807) is 7.11 Å². The summed E-state index contributed by atoms with van der Waals surface area (Å²) < 4.78 is 32.8. The quantitative estimate of drug-likeness (QED) is 0.811. The van der Waals surface area contributed by atoms with Crippen molar-refractivity contribution in [2.75, 3.05) is 20.3 Å². The van der Waals surface area contributed by atoms with E-state index in [0.717, 1.165) is 31.5 Å². The van der Waals surface area contributed by atoms with Crippen LogP contribution < -0.4 is 0 Å². The van der Waals surface area contributed by atoms with Crippen LogP contribution in [-0.2, 0) is 14.8 Å². The first-order valence-corrected chi connectivity index (χ1v) is 9.01. The number of nitrogens with zero attached hydrogens (tertiary/aromatic N) is 2. The number of pyridine rings is 1. The summed E-state index contributed by atoms with van der Waals surface area (Å²) in [5.74, 6) is -1.20. The number of sulfonamides is 1. The Morgan fingerprint density at radius 1 is 1.48 bits per heavy atom. The zero-order valence-electron chi connectivity index (χ0n) is 13.4. The second kappa shape index (κ2) is 6.94.